The van der Waals surface area contributed by atoms with Crippen LogP contribution in [0.1, 0.15) is 25.5 Å². The van der Waals surface area contributed by atoms with E-state index in [-0.39, 0.29) is 11.9 Å². The van der Waals surface area contributed by atoms with Crippen molar-refractivity contribution in [2.45, 2.75) is 32.7 Å². The second-order valence-electron chi connectivity index (χ2n) is 5.80. The first-order valence-electron chi connectivity index (χ1n) is 8.03. The van der Waals surface area contributed by atoms with Gasteiger partial charge in [0.05, 0.1) is 23.3 Å². The number of rotatable bonds is 3. The molecule has 0 fully saturated rings. The highest BCUT2D eigenvalue weighted by Gasteiger charge is 2.36. The number of urea groups is 1. The molecule has 1 aromatic carbocycles. The van der Waals surface area contributed by atoms with Gasteiger partial charge >= 0.3 is 6.03 Å². The molecule has 0 bridgehead atoms. The minimum Gasteiger partial charge on any atom is -0.322 e. The molecule has 1 atom stereocenters. The van der Waals surface area contributed by atoms with Crippen LogP contribution in [0.3, 0.4) is 0 Å². The second-order valence-corrected chi connectivity index (χ2v) is 5.80. The summed E-state index contributed by atoms with van der Waals surface area (Å²) >= 11 is 0. The third-order valence-electron chi connectivity index (χ3n) is 3.98. The molecule has 2 N–H and O–H groups in total. The Morgan fingerprint density at radius 1 is 1.29 bits per heavy atom. The number of nitrogens with one attached hydrogen (secondary N) is 2. The van der Waals surface area contributed by atoms with Gasteiger partial charge < -0.3 is 10.6 Å². The number of anilines is 3. The molecule has 0 radical (unpaired) electrons. The van der Waals surface area contributed by atoms with E-state index in [1.807, 2.05) is 38.1 Å². The number of hydrogen-bond donors (Lipinski definition) is 2. The summed E-state index contributed by atoms with van der Waals surface area (Å²) in [6, 6.07) is 10.1. The summed E-state index contributed by atoms with van der Waals surface area (Å²) < 4.78 is 0. The summed E-state index contributed by atoms with van der Waals surface area (Å²) in [7, 11) is 0. The topological polar surface area (TPSA) is 74.3 Å². The summed E-state index contributed by atoms with van der Waals surface area (Å²) in [6.45, 7) is 3.88. The predicted molar refractivity (Wildman–Crippen MR) is 94.2 cm³/mol. The molecule has 6 heteroatoms. The van der Waals surface area contributed by atoms with E-state index in [1.165, 1.54) is 4.90 Å². The largest absolute Gasteiger partial charge is 0.327 e. The average Bonchev–Trinajstić information content (AvgIpc) is 2.57. The van der Waals surface area contributed by atoms with Crippen molar-refractivity contribution in [3.63, 3.8) is 0 Å². The fraction of sp³-hybridized carbons (Fsp3) is 0.278. The number of benzene rings is 1. The van der Waals surface area contributed by atoms with E-state index in [4.69, 9.17) is 0 Å². The Morgan fingerprint density at radius 2 is 2.08 bits per heavy atom. The molecule has 24 heavy (non-hydrogen) atoms. The number of fused-ring (bicyclic) bond motifs is 1. The zero-order valence-electron chi connectivity index (χ0n) is 13.7. The lowest BCUT2D eigenvalue weighted by Gasteiger charge is -2.36. The number of hydrogen-bond acceptors (Lipinski definition) is 3. The third-order valence-corrected chi connectivity index (χ3v) is 3.98. The van der Waals surface area contributed by atoms with Crippen LogP contribution in [0.2, 0.25) is 0 Å². The van der Waals surface area contributed by atoms with Gasteiger partial charge in [-0.2, -0.15) is 0 Å². The van der Waals surface area contributed by atoms with E-state index in [1.54, 1.807) is 18.3 Å². The fourth-order valence-electron chi connectivity index (χ4n) is 2.80. The van der Waals surface area contributed by atoms with Gasteiger partial charge in [-0.15, -0.1) is 0 Å². The van der Waals surface area contributed by atoms with Gasteiger partial charge in [0.25, 0.3) is 0 Å². The van der Waals surface area contributed by atoms with Crippen LogP contribution in [0.5, 0.6) is 0 Å². The fourth-order valence-corrected chi connectivity index (χ4v) is 2.80. The highest BCUT2D eigenvalue weighted by Crippen LogP contribution is 2.33. The molecule has 1 aromatic heterocycles. The zero-order chi connectivity index (χ0) is 17.1. The van der Waals surface area contributed by atoms with Gasteiger partial charge in [-0.1, -0.05) is 25.5 Å². The Balaban J connectivity index is 1.93. The molecule has 124 valence electrons. The van der Waals surface area contributed by atoms with Crippen LogP contribution in [0.15, 0.2) is 42.6 Å². The first-order chi connectivity index (χ1) is 11.6. The molecule has 6 nitrogen and oxygen atoms in total. The van der Waals surface area contributed by atoms with E-state index < -0.39 is 6.04 Å². The Kier molecular flexibility index (Phi) is 4.46. The Hall–Kier alpha value is -2.89. The van der Waals surface area contributed by atoms with E-state index in [2.05, 4.69) is 15.6 Å². The Labute approximate surface area is 140 Å². The van der Waals surface area contributed by atoms with E-state index in [0.717, 1.165) is 12.1 Å². The van der Waals surface area contributed by atoms with Crippen LogP contribution < -0.4 is 15.5 Å². The van der Waals surface area contributed by atoms with Gasteiger partial charge in [0.15, 0.2) is 0 Å². The van der Waals surface area contributed by atoms with Crippen molar-refractivity contribution >= 4 is 29.0 Å². The number of para-hydroxylation sites is 2. The van der Waals surface area contributed by atoms with Gasteiger partial charge in [0.1, 0.15) is 6.04 Å². The van der Waals surface area contributed by atoms with Crippen LogP contribution >= 0.6 is 0 Å². The summed E-state index contributed by atoms with van der Waals surface area (Å²) in [6.07, 6.45) is 3.01. The standard InChI is InChI=1S/C18H20N4O2/c1-3-6-16-17(23)21-14-7-4-5-8-15(14)22(16)18(24)20-13-10-9-12(2)19-11-13/h4-5,7-11,16H,3,6H2,1-2H3,(H,20,24)(H,21,23)/t16-/m0/s1. The molecule has 2 aromatic rings. The van der Waals surface area contributed by atoms with E-state index in [9.17, 15) is 9.59 Å². The summed E-state index contributed by atoms with van der Waals surface area (Å²) in [5.74, 6) is -0.160. The average molecular weight is 324 g/mol. The highest BCUT2D eigenvalue weighted by atomic mass is 16.2. The summed E-state index contributed by atoms with van der Waals surface area (Å²) in [4.78, 5) is 31.0. The molecule has 1 aliphatic heterocycles. The van der Waals surface area contributed by atoms with Crippen molar-refractivity contribution in [3.05, 3.63) is 48.3 Å². The molecule has 0 aliphatic carbocycles. The van der Waals surface area contributed by atoms with Crippen LogP contribution in [-0.4, -0.2) is 23.0 Å². The molecule has 3 amide bonds. The van der Waals surface area contributed by atoms with Crippen LogP contribution in [-0.2, 0) is 4.79 Å². The molecule has 1 aliphatic rings. The highest BCUT2D eigenvalue weighted by molar-refractivity contribution is 6.14. The summed E-state index contributed by atoms with van der Waals surface area (Å²) in [5, 5.41) is 5.71. The SMILES string of the molecule is CCC[C@H]1C(=O)Nc2ccccc2N1C(=O)Nc1ccc(C)nc1. The van der Waals surface area contributed by atoms with Gasteiger partial charge in [-0.3, -0.25) is 14.7 Å². The molecule has 0 saturated heterocycles. The smallest absolute Gasteiger partial charge is 0.322 e. The number of amides is 3. The van der Waals surface area contributed by atoms with Crippen molar-refractivity contribution in [2.24, 2.45) is 0 Å². The van der Waals surface area contributed by atoms with Crippen molar-refractivity contribution in [1.82, 2.24) is 4.98 Å². The van der Waals surface area contributed by atoms with Gasteiger partial charge in [0.2, 0.25) is 5.91 Å². The van der Waals surface area contributed by atoms with E-state index in [0.29, 0.717) is 23.5 Å². The maximum absolute atomic E-state index is 12.9. The summed E-state index contributed by atoms with van der Waals surface area (Å²) in [5.41, 5.74) is 2.82. The number of aromatic nitrogens is 1. The number of aryl methyl sites for hydroxylation is 1. The first-order valence-corrected chi connectivity index (χ1v) is 8.03. The molecule has 0 saturated carbocycles. The minimum atomic E-state index is -0.525. The lowest BCUT2D eigenvalue weighted by molar-refractivity contribution is -0.117. The molecule has 2 heterocycles. The monoisotopic (exact) mass is 324 g/mol. The van der Waals surface area contributed by atoms with Crippen molar-refractivity contribution in [2.75, 3.05) is 15.5 Å². The number of pyridine rings is 1. The maximum atomic E-state index is 12.9. The molecule has 3 rings (SSSR count). The normalized spacial score (nSPS) is 16.3. The lowest BCUT2D eigenvalue weighted by atomic mass is 10.0. The maximum Gasteiger partial charge on any atom is 0.327 e. The lowest BCUT2D eigenvalue weighted by Crippen LogP contribution is -2.52. The zero-order valence-corrected chi connectivity index (χ0v) is 13.7. The molecule has 0 spiro atoms. The van der Waals surface area contributed by atoms with Gasteiger partial charge in [0, 0.05) is 5.69 Å². The van der Waals surface area contributed by atoms with E-state index >= 15 is 0 Å². The number of carbonyl (C=O) groups excluding carboxylic acids is 2. The Morgan fingerprint density at radius 3 is 2.79 bits per heavy atom. The first kappa shape index (κ1) is 16.0. The van der Waals surface area contributed by atoms with Crippen molar-refractivity contribution < 1.29 is 9.59 Å². The quantitative estimate of drug-likeness (QED) is 0.906. The van der Waals surface area contributed by atoms with Crippen LogP contribution in [0, 0.1) is 6.92 Å². The van der Waals surface area contributed by atoms with Gasteiger partial charge in [-0.05, 0) is 37.6 Å². The van der Waals surface area contributed by atoms with Gasteiger partial charge in [-0.25, -0.2) is 4.79 Å². The number of nitrogens with zero attached hydrogens (tertiary/aromatic N) is 2. The molecule has 0 unspecified atom stereocenters. The van der Waals surface area contributed by atoms with Crippen LogP contribution in [0.25, 0.3) is 0 Å². The minimum absolute atomic E-state index is 0.160. The predicted octanol–water partition coefficient (Wildman–Crippen LogP) is 3.55. The van der Waals surface area contributed by atoms with Crippen molar-refractivity contribution in [3.8, 4) is 0 Å². The number of carbonyl (C=O) groups is 2. The molecular weight excluding hydrogens is 304 g/mol. The second kappa shape index (κ2) is 6.70. The third kappa shape index (κ3) is 3.08. The molecular formula is C18H20N4O2. The van der Waals surface area contributed by atoms with Crippen LogP contribution in [0.4, 0.5) is 21.9 Å². The van der Waals surface area contributed by atoms with Crippen molar-refractivity contribution in [1.29, 1.82) is 0 Å². The Bertz CT molecular complexity index is 758.